The molecule has 0 fully saturated rings. The highest BCUT2D eigenvalue weighted by molar-refractivity contribution is 6.70. The smallest absolute Gasteiger partial charge is 0.184 e. The van der Waals surface area contributed by atoms with E-state index in [0.29, 0.717) is 0 Å². The summed E-state index contributed by atoms with van der Waals surface area (Å²) in [5.41, 5.74) is 2.79. The Kier molecular flexibility index (Phi) is 4.59. The molecule has 0 heterocycles. The minimum absolute atomic E-state index is 0.123. The van der Waals surface area contributed by atoms with Crippen LogP contribution in [-0.4, -0.2) is 22.7 Å². The fraction of sp³-hybridized carbons (Fsp3) is 0.625. The molecule has 2 nitrogen and oxygen atoms in total. The number of fused-ring (bicyclic) bond motifs is 1. The first kappa shape index (κ1) is 16.0. The van der Waals surface area contributed by atoms with Gasteiger partial charge in [-0.2, -0.15) is 0 Å². The molecular weight excluding hydrogens is 280 g/mol. The minimum Gasteiger partial charge on any atom is -0.412 e. The van der Waals surface area contributed by atoms with Crippen LogP contribution in [0, 0.1) is 0 Å². The molecule has 0 aromatic heterocycles. The van der Waals surface area contributed by atoms with Crippen LogP contribution in [0.4, 0.5) is 0 Å². The Balaban J connectivity index is 2.30. The van der Waals surface area contributed by atoms with E-state index in [4.69, 9.17) is 8.85 Å². The molecule has 1 aliphatic carbocycles. The van der Waals surface area contributed by atoms with E-state index in [9.17, 15) is 0 Å². The Morgan fingerprint density at radius 1 is 0.900 bits per heavy atom. The molecule has 0 unspecified atom stereocenters. The zero-order chi connectivity index (χ0) is 15.0. The van der Waals surface area contributed by atoms with E-state index in [0.717, 1.165) is 12.8 Å². The van der Waals surface area contributed by atoms with Crippen molar-refractivity contribution in [1.29, 1.82) is 0 Å². The van der Waals surface area contributed by atoms with E-state index in [1.54, 1.807) is 0 Å². The molecule has 0 amide bonds. The van der Waals surface area contributed by atoms with Gasteiger partial charge in [0.1, 0.15) is 0 Å². The fourth-order valence-electron chi connectivity index (χ4n) is 2.78. The second-order valence-electron chi connectivity index (χ2n) is 7.66. The van der Waals surface area contributed by atoms with Crippen LogP contribution in [0.25, 0.3) is 0 Å². The molecule has 20 heavy (non-hydrogen) atoms. The number of aryl methyl sites for hydroxylation is 1. The number of benzene rings is 1. The van der Waals surface area contributed by atoms with Gasteiger partial charge in [-0.1, -0.05) is 24.3 Å². The Hall–Kier alpha value is -0.426. The van der Waals surface area contributed by atoms with Crippen LogP contribution in [-0.2, 0) is 15.3 Å². The van der Waals surface area contributed by atoms with E-state index in [1.165, 1.54) is 11.1 Å². The van der Waals surface area contributed by atoms with Crippen LogP contribution >= 0.6 is 0 Å². The normalized spacial score (nSPS) is 23.5. The quantitative estimate of drug-likeness (QED) is 0.748. The maximum absolute atomic E-state index is 6.50. The van der Waals surface area contributed by atoms with Gasteiger partial charge in [-0.05, 0) is 63.3 Å². The molecule has 2 atom stereocenters. The summed E-state index contributed by atoms with van der Waals surface area (Å²) < 4.78 is 12.9. The number of hydrogen-bond donors (Lipinski definition) is 0. The third-order valence-electron chi connectivity index (χ3n) is 3.38. The first-order valence-corrected chi connectivity index (χ1v) is 14.4. The molecule has 1 aliphatic rings. The van der Waals surface area contributed by atoms with Crippen molar-refractivity contribution < 1.29 is 8.85 Å². The van der Waals surface area contributed by atoms with Crippen molar-refractivity contribution in [2.75, 3.05) is 0 Å². The van der Waals surface area contributed by atoms with Gasteiger partial charge in [0.2, 0.25) is 0 Å². The zero-order valence-corrected chi connectivity index (χ0v) is 15.7. The Morgan fingerprint density at radius 2 is 1.50 bits per heavy atom. The largest absolute Gasteiger partial charge is 0.412 e. The summed E-state index contributed by atoms with van der Waals surface area (Å²) in [7, 11) is -3.14. The summed E-state index contributed by atoms with van der Waals surface area (Å²) in [6.07, 6.45) is 2.54. The van der Waals surface area contributed by atoms with Gasteiger partial charge in [0, 0.05) is 0 Å². The van der Waals surface area contributed by atoms with Crippen molar-refractivity contribution in [2.24, 2.45) is 0 Å². The molecule has 4 heteroatoms. The molecule has 1 aromatic rings. The summed E-state index contributed by atoms with van der Waals surface area (Å²) in [5, 5.41) is 0. The Labute approximate surface area is 125 Å². The van der Waals surface area contributed by atoms with Crippen molar-refractivity contribution >= 4 is 16.6 Å². The summed E-state index contributed by atoms with van der Waals surface area (Å²) in [5.74, 6) is 0. The summed E-state index contributed by atoms with van der Waals surface area (Å²) in [6.45, 7) is 13.6. The Morgan fingerprint density at radius 3 is 2.10 bits per heavy atom. The summed E-state index contributed by atoms with van der Waals surface area (Å²) in [6, 6.07) is 8.71. The van der Waals surface area contributed by atoms with Gasteiger partial charge in [-0.15, -0.1) is 0 Å². The third-order valence-corrected chi connectivity index (χ3v) is 5.35. The maximum atomic E-state index is 6.50. The molecular formula is C16H28O2Si2. The Bertz CT molecular complexity index is 460. The van der Waals surface area contributed by atoms with Crippen LogP contribution in [0.2, 0.25) is 39.3 Å². The molecule has 0 radical (unpaired) electrons. The van der Waals surface area contributed by atoms with Crippen molar-refractivity contribution in [3.8, 4) is 0 Å². The van der Waals surface area contributed by atoms with Gasteiger partial charge in [0.25, 0.3) is 0 Å². The predicted octanol–water partition coefficient (Wildman–Crippen LogP) is 4.75. The van der Waals surface area contributed by atoms with E-state index >= 15 is 0 Å². The van der Waals surface area contributed by atoms with Crippen LogP contribution in [0.15, 0.2) is 24.3 Å². The molecule has 0 saturated heterocycles. The molecule has 112 valence electrons. The summed E-state index contributed by atoms with van der Waals surface area (Å²) in [4.78, 5) is 0. The highest BCUT2D eigenvalue weighted by Crippen LogP contribution is 2.37. The summed E-state index contributed by atoms with van der Waals surface area (Å²) >= 11 is 0. The van der Waals surface area contributed by atoms with Crippen molar-refractivity contribution in [3.05, 3.63) is 35.4 Å². The van der Waals surface area contributed by atoms with Gasteiger partial charge >= 0.3 is 0 Å². The monoisotopic (exact) mass is 308 g/mol. The highest BCUT2D eigenvalue weighted by Gasteiger charge is 2.36. The first-order valence-electron chi connectivity index (χ1n) is 7.59. The lowest BCUT2D eigenvalue weighted by molar-refractivity contribution is 0.0303. The predicted molar refractivity (Wildman–Crippen MR) is 90.2 cm³/mol. The molecule has 0 N–H and O–H groups in total. The van der Waals surface area contributed by atoms with Crippen molar-refractivity contribution in [2.45, 2.75) is 64.3 Å². The average Bonchev–Trinajstić information content (AvgIpc) is 2.29. The van der Waals surface area contributed by atoms with E-state index in [2.05, 4.69) is 63.5 Å². The van der Waals surface area contributed by atoms with Gasteiger partial charge in [-0.25, -0.2) is 0 Å². The molecule has 0 aliphatic heterocycles. The van der Waals surface area contributed by atoms with Crippen LogP contribution < -0.4 is 0 Å². The minimum atomic E-state index is -1.59. The fourth-order valence-corrected chi connectivity index (χ4v) is 4.97. The maximum Gasteiger partial charge on any atom is 0.184 e. The topological polar surface area (TPSA) is 18.5 Å². The van der Waals surface area contributed by atoms with E-state index in [-0.39, 0.29) is 12.2 Å². The number of hydrogen-bond acceptors (Lipinski definition) is 2. The second kappa shape index (κ2) is 5.75. The molecule has 1 aromatic carbocycles. The van der Waals surface area contributed by atoms with Crippen LogP contribution in [0.1, 0.15) is 23.7 Å². The number of rotatable bonds is 4. The van der Waals surface area contributed by atoms with Crippen LogP contribution in [0.5, 0.6) is 0 Å². The van der Waals surface area contributed by atoms with Gasteiger partial charge in [0.15, 0.2) is 16.6 Å². The zero-order valence-electron chi connectivity index (χ0n) is 13.7. The van der Waals surface area contributed by atoms with Gasteiger partial charge in [-0.3, -0.25) is 0 Å². The van der Waals surface area contributed by atoms with Gasteiger partial charge < -0.3 is 8.85 Å². The second-order valence-corrected chi connectivity index (χ2v) is 16.6. The lowest BCUT2D eigenvalue weighted by atomic mass is 9.88. The third kappa shape index (κ3) is 4.28. The molecule has 0 bridgehead atoms. The molecule has 0 spiro atoms. The first-order chi connectivity index (χ1) is 9.16. The lowest BCUT2D eigenvalue weighted by Gasteiger charge is -2.40. The average molecular weight is 309 g/mol. The SMILES string of the molecule is C[Si](C)(C)O[C@@H]1CCc2ccccc2[C@@H]1O[Si](C)(C)C. The van der Waals surface area contributed by atoms with E-state index in [1.807, 2.05) is 0 Å². The van der Waals surface area contributed by atoms with Gasteiger partial charge in [0.05, 0.1) is 12.2 Å². The van der Waals surface area contributed by atoms with Crippen molar-refractivity contribution in [1.82, 2.24) is 0 Å². The lowest BCUT2D eigenvalue weighted by Crippen LogP contribution is -2.42. The molecule has 0 saturated carbocycles. The standard InChI is InChI=1S/C16H28O2Si2/c1-19(2,3)17-15-12-11-13-9-7-8-10-14(13)16(15)18-20(4,5)6/h7-10,15-16H,11-12H2,1-6H3/t15-,16+/m1/s1. The highest BCUT2D eigenvalue weighted by atomic mass is 28.4. The van der Waals surface area contributed by atoms with E-state index < -0.39 is 16.6 Å². The molecule has 2 rings (SSSR count). The van der Waals surface area contributed by atoms with Crippen molar-refractivity contribution in [3.63, 3.8) is 0 Å². The van der Waals surface area contributed by atoms with Crippen LogP contribution in [0.3, 0.4) is 0 Å².